The number of furan rings is 1. The Kier molecular flexibility index (Phi) is 8.34. The maximum absolute atomic E-state index is 5.88. The van der Waals surface area contributed by atoms with Gasteiger partial charge in [-0.1, -0.05) is 13.8 Å². The maximum Gasteiger partial charge on any atom is 0.118 e. The van der Waals surface area contributed by atoms with Gasteiger partial charge in [-0.3, -0.25) is 4.90 Å². The van der Waals surface area contributed by atoms with Crippen LogP contribution in [-0.4, -0.2) is 36.5 Å². The van der Waals surface area contributed by atoms with Crippen molar-refractivity contribution in [1.82, 2.24) is 10.2 Å². The number of thioether (sulfide) groups is 1. The van der Waals surface area contributed by atoms with Crippen LogP contribution in [0.1, 0.15) is 38.7 Å². The first-order chi connectivity index (χ1) is 9.52. The van der Waals surface area contributed by atoms with E-state index in [4.69, 9.17) is 4.42 Å². The molecular formula is C16H30N2OS. The van der Waals surface area contributed by atoms with Crippen molar-refractivity contribution in [2.45, 2.75) is 46.3 Å². The van der Waals surface area contributed by atoms with Gasteiger partial charge in [-0.05, 0) is 57.0 Å². The molecule has 0 saturated carbocycles. The fraction of sp³-hybridized carbons (Fsp3) is 0.750. The molecule has 0 aliphatic heterocycles. The Hall–Kier alpha value is -0.450. The van der Waals surface area contributed by atoms with E-state index in [1.807, 2.05) is 11.8 Å². The summed E-state index contributed by atoms with van der Waals surface area (Å²) in [6, 6.07) is 4.78. The van der Waals surface area contributed by atoms with Crippen LogP contribution in [0.15, 0.2) is 16.5 Å². The van der Waals surface area contributed by atoms with Crippen LogP contribution in [0, 0.1) is 5.92 Å². The second-order valence-electron chi connectivity index (χ2n) is 5.94. The molecule has 0 aliphatic carbocycles. The van der Waals surface area contributed by atoms with Crippen molar-refractivity contribution in [3.63, 3.8) is 0 Å². The van der Waals surface area contributed by atoms with Crippen molar-refractivity contribution >= 4 is 11.8 Å². The first-order valence-electron chi connectivity index (χ1n) is 7.50. The minimum Gasteiger partial charge on any atom is -0.463 e. The molecule has 0 bridgehead atoms. The van der Waals surface area contributed by atoms with E-state index < -0.39 is 0 Å². The third-order valence-electron chi connectivity index (χ3n) is 3.47. The SMILES string of the molecule is CSCCC(C)N(C)Cc1ccc(CNCC(C)C)o1. The third kappa shape index (κ3) is 6.82. The van der Waals surface area contributed by atoms with Crippen LogP contribution in [0.5, 0.6) is 0 Å². The predicted molar refractivity (Wildman–Crippen MR) is 89.2 cm³/mol. The number of nitrogens with one attached hydrogen (secondary N) is 1. The Labute approximate surface area is 128 Å². The fourth-order valence-electron chi connectivity index (χ4n) is 2.00. The molecule has 0 amide bonds. The molecule has 1 atom stereocenters. The van der Waals surface area contributed by atoms with Crippen LogP contribution in [0.25, 0.3) is 0 Å². The average molecular weight is 298 g/mol. The number of rotatable bonds is 10. The molecule has 3 nitrogen and oxygen atoms in total. The van der Waals surface area contributed by atoms with E-state index in [1.54, 1.807) is 0 Å². The lowest BCUT2D eigenvalue weighted by Crippen LogP contribution is -2.28. The molecule has 0 fully saturated rings. The van der Waals surface area contributed by atoms with E-state index in [0.717, 1.165) is 31.2 Å². The quantitative estimate of drug-likeness (QED) is 0.714. The zero-order valence-corrected chi connectivity index (χ0v) is 14.4. The summed E-state index contributed by atoms with van der Waals surface area (Å²) in [5.41, 5.74) is 0. The number of hydrogen-bond donors (Lipinski definition) is 1. The minimum atomic E-state index is 0.593. The van der Waals surface area contributed by atoms with Gasteiger partial charge in [0.15, 0.2) is 0 Å². The molecule has 1 aromatic rings. The van der Waals surface area contributed by atoms with Crippen molar-refractivity contribution < 1.29 is 4.42 Å². The molecule has 1 N–H and O–H groups in total. The molecule has 0 spiro atoms. The number of hydrogen-bond acceptors (Lipinski definition) is 4. The van der Waals surface area contributed by atoms with E-state index in [9.17, 15) is 0 Å². The van der Waals surface area contributed by atoms with Crippen molar-refractivity contribution in [1.29, 1.82) is 0 Å². The van der Waals surface area contributed by atoms with Crippen molar-refractivity contribution in [2.24, 2.45) is 5.92 Å². The Morgan fingerprint density at radius 3 is 2.60 bits per heavy atom. The lowest BCUT2D eigenvalue weighted by atomic mass is 10.2. The van der Waals surface area contributed by atoms with Crippen LogP contribution < -0.4 is 5.32 Å². The molecule has 1 heterocycles. The topological polar surface area (TPSA) is 28.4 Å². The fourth-order valence-corrected chi connectivity index (χ4v) is 2.57. The van der Waals surface area contributed by atoms with Gasteiger partial charge < -0.3 is 9.73 Å². The number of nitrogens with zero attached hydrogens (tertiary/aromatic N) is 1. The molecule has 4 heteroatoms. The largest absolute Gasteiger partial charge is 0.463 e. The molecule has 116 valence electrons. The Bertz CT molecular complexity index is 365. The Balaban J connectivity index is 2.35. The molecule has 0 radical (unpaired) electrons. The second-order valence-corrected chi connectivity index (χ2v) is 6.92. The monoisotopic (exact) mass is 298 g/mol. The van der Waals surface area contributed by atoms with Gasteiger partial charge in [-0.2, -0.15) is 11.8 Å². The highest BCUT2D eigenvalue weighted by atomic mass is 32.2. The molecule has 1 unspecified atom stereocenters. The average Bonchev–Trinajstić information content (AvgIpc) is 2.83. The van der Waals surface area contributed by atoms with Crippen LogP contribution in [0.4, 0.5) is 0 Å². The van der Waals surface area contributed by atoms with E-state index in [-0.39, 0.29) is 0 Å². The highest BCUT2D eigenvalue weighted by Crippen LogP contribution is 2.13. The van der Waals surface area contributed by atoms with Crippen LogP contribution in [0.3, 0.4) is 0 Å². The molecule has 1 aromatic heterocycles. The highest BCUT2D eigenvalue weighted by Gasteiger charge is 2.11. The van der Waals surface area contributed by atoms with Gasteiger partial charge in [0.05, 0.1) is 13.1 Å². The van der Waals surface area contributed by atoms with Crippen molar-refractivity contribution in [3.05, 3.63) is 23.7 Å². The molecule has 1 rings (SSSR count). The smallest absolute Gasteiger partial charge is 0.118 e. The summed E-state index contributed by atoms with van der Waals surface area (Å²) in [6.45, 7) is 9.45. The molecule has 0 aromatic carbocycles. The summed E-state index contributed by atoms with van der Waals surface area (Å²) >= 11 is 1.91. The van der Waals surface area contributed by atoms with E-state index >= 15 is 0 Å². The van der Waals surface area contributed by atoms with Crippen LogP contribution in [0.2, 0.25) is 0 Å². The lowest BCUT2D eigenvalue weighted by Gasteiger charge is -2.23. The first kappa shape index (κ1) is 17.6. The summed E-state index contributed by atoms with van der Waals surface area (Å²) in [6.07, 6.45) is 3.39. The first-order valence-corrected chi connectivity index (χ1v) is 8.89. The van der Waals surface area contributed by atoms with Gasteiger partial charge in [0.25, 0.3) is 0 Å². The maximum atomic E-state index is 5.88. The van der Waals surface area contributed by atoms with Gasteiger partial charge in [0, 0.05) is 6.04 Å². The molecule has 0 saturated heterocycles. The zero-order chi connectivity index (χ0) is 15.0. The van der Waals surface area contributed by atoms with Gasteiger partial charge in [0.1, 0.15) is 11.5 Å². The standard InChI is InChI=1S/C16H30N2OS/c1-13(2)10-17-11-15-6-7-16(19-15)12-18(4)14(3)8-9-20-5/h6-7,13-14,17H,8-12H2,1-5H3. The van der Waals surface area contributed by atoms with Crippen LogP contribution in [-0.2, 0) is 13.1 Å². The summed E-state index contributed by atoms with van der Waals surface area (Å²) < 4.78 is 5.88. The summed E-state index contributed by atoms with van der Waals surface area (Å²) in [5, 5.41) is 3.41. The third-order valence-corrected chi connectivity index (χ3v) is 4.11. The van der Waals surface area contributed by atoms with Crippen molar-refractivity contribution in [3.8, 4) is 0 Å². The predicted octanol–water partition coefficient (Wildman–Crippen LogP) is 3.60. The van der Waals surface area contributed by atoms with Gasteiger partial charge in [-0.15, -0.1) is 0 Å². The normalized spacial score (nSPS) is 13.3. The van der Waals surface area contributed by atoms with Gasteiger partial charge in [0.2, 0.25) is 0 Å². The van der Waals surface area contributed by atoms with Crippen LogP contribution >= 0.6 is 11.8 Å². The second kappa shape index (κ2) is 9.48. The minimum absolute atomic E-state index is 0.593. The molecule has 20 heavy (non-hydrogen) atoms. The Morgan fingerprint density at radius 1 is 1.25 bits per heavy atom. The summed E-state index contributed by atoms with van der Waals surface area (Å²) in [4.78, 5) is 2.36. The van der Waals surface area contributed by atoms with Crippen molar-refractivity contribution in [2.75, 3.05) is 25.6 Å². The van der Waals surface area contributed by atoms with E-state index in [1.165, 1.54) is 12.2 Å². The summed E-state index contributed by atoms with van der Waals surface area (Å²) in [5.74, 6) is 3.98. The summed E-state index contributed by atoms with van der Waals surface area (Å²) in [7, 11) is 2.17. The van der Waals surface area contributed by atoms with E-state index in [0.29, 0.717) is 12.0 Å². The molecule has 0 aliphatic rings. The highest BCUT2D eigenvalue weighted by molar-refractivity contribution is 7.98. The molecular weight excluding hydrogens is 268 g/mol. The Morgan fingerprint density at radius 2 is 1.95 bits per heavy atom. The zero-order valence-electron chi connectivity index (χ0n) is 13.6. The van der Waals surface area contributed by atoms with E-state index in [2.05, 4.69) is 56.4 Å². The van der Waals surface area contributed by atoms with Gasteiger partial charge in [-0.25, -0.2) is 0 Å². The van der Waals surface area contributed by atoms with Gasteiger partial charge >= 0.3 is 0 Å². The lowest BCUT2D eigenvalue weighted by molar-refractivity contribution is 0.223.